The van der Waals surface area contributed by atoms with Crippen LogP contribution in [-0.2, 0) is 6.54 Å². The van der Waals surface area contributed by atoms with Crippen LogP contribution in [0.5, 0.6) is 0 Å². The van der Waals surface area contributed by atoms with Crippen LogP contribution >= 0.6 is 0 Å². The smallest absolute Gasteiger partial charge is 0.321 e. The second kappa shape index (κ2) is 8.50. The molecule has 0 radical (unpaired) electrons. The molecule has 1 heterocycles. The molecular weight excluding hydrogens is 358 g/mol. The maximum atomic E-state index is 12.5. The predicted molar refractivity (Wildman–Crippen MR) is 105 cm³/mol. The fraction of sp³-hybridized carbons (Fsp3) is 0.300. The summed E-state index contributed by atoms with van der Waals surface area (Å²) in [5.74, 6) is 0. The maximum absolute atomic E-state index is 12.5. The number of nitro groups is 1. The van der Waals surface area contributed by atoms with Crippen LogP contribution in [-0.4, -0.2) is 46.9 Å². The van der Waals surface area contributed by atoms with Crippen molar-refractivity contribution in [1.29, 1.82) is 5.26 Å². The highest BCUT2D eigenvalue weighted by atomic mass is 16.6. The van der Waals surface area contributed by atoms with E-state index in [4.69, 9.17) is 5.26 Å². The molecule has 2 aromatic rings. The number of amides is 2. The van der Waals surface area contributed by atoms with Gasteiger partial charge in [-0.25, -0.2) is 4.79 Å². The molecule has 8 heteroatoms. The molecule has 0 aromatic heterocycles. The number of nitriles is 1. The van der Waals surface area contributed by atoms with Crippen molar-refractivity contribution >= 4 is 17.4 Å². The lowest BCUT2D eigenvalue weighted by molar-refractivity contribution is -0.384. The summed E-state index contributed by atoms with van der Waals surface area (Å²) in [6, 6.07) is 13.8. The van der Waals surface area contributed by atoms with Crippen LogP contribution < -0.4 is 5.32 Å². The fourth-order valence-corrected chi connectivity index (χ4v) is 3.10. The number of benzene rings is 2. The largest absolute Gasteiger partial charge is 0.322 e. The number of carbonyl (C=O) groups is 1. The zero-order valence-electron chi connectivity index (χ0n) is 15.6. The number of carbonyl (C=O) groups excluding carboxylic acids is 1. The Bertz CT molecular complexity index is 912. The van der Waals surface area contributed by atoms with Crippen molar-refractivity contribution < 1.29 is 9.72 Å². The molecule has 1 N–H and O–H groups in total. The number of aryl methyl sites for hydroxylation is 1. The van der Waals surface area contributed by atoms with E-state index < -0.39 is 4.92 Å². The molecule has 0 saturated carbocycles. The van der Waals surface area contributed by atoms with Gasteiger partial charge in [-0.3, -0.25) is 15.0 Å². The van der Waals surface area contributed by atoms with Crippen molar-refractivity contribution in [2.75, 3.05) is 31.5 Å². The van der Waals surface area contributed by atoms with Gasteiger partial charge in [-0.2, -0.15) is 5.26 Å². The summed E-state index contributed by atoms with van der Waals surface area (Å²) in [6.45, 7) is 5.20. The normalized spacial score (nSPS) is 14.4. The van der Waals surface area contributed by atoms with Crippen molar-refractivity contribution in [2.24, 2.45) is 0 Å². The van der Waals surface area contributed by atoms with E-state index in [1.165, 1.54) is 12.1 Å². The topological polar surface area (TPSA) is 103 Å². The molecule has 0 unspecified atom stereocenters. The van der Waals surface area contributed by atoms with E-state index in [9.17, 15) is 14.9 Å². The lowest BCUT2D eigenvalue weighted by Gasteiger charge is -2.34. The lowest BCUT2D eigenvalue weighted by atomic mass is 10.1. The monoisotopic (exact) mass is 379 g/mol. The average Bonchev–Trinajstić information content (AvgIpc) is 2.70. The molecule has 3 rings (SSSR count). The third kappa shape index (κ3) is 4.64. The first-order chi connectivity index (χ1) is 13.5. The number of urea groups is 1. The Morgan fingerprint density at radius 2 is 1.86 bits per heavy atom. The third-order valence-electron chi connectivity index (χ3n) is 4.82. The number of anilines is 1. The van der Waals surface area contributed by atoms with Crippen molar-refractivity contribution in [3.63, 3.8) is 0 Å². The molecule has 0 bridgehead atoms. The minimum Gasteiger partial charge on any atom is -0.322 e. The average molecular weight is 379 g/mol. The third-order valence-corrected chi connectivity index (χ3v) is 4.82. The SMILES string of the molecule is Cc1ccc([N+](=O)[O-])cc1NC(=O)N1CCN(Cc2ccc(C#N)cc2)CC1. The summed E-state index contributed by atoms with van der Waals surface area (Å²) in [5, 5.41) is 22.6. The van der Waals surface area contributed by atoms with Crippen LogP contribution in [0.15, 0.2) is 42.5 Å². The maximum Gasteiger partial charge on any atom is 0.321 e. The van der Waals surface area contributed by atoms with Gasteiger partial charge in [-0.05, 0) is 30.2 Å². The molecule has 28 heavy (non-hydrogen) atoms. The van der Waals surface area contributed by atoms with Crippen LogP contribution in [0.1, 0.15) is 16.7 Å². The van der Waals surface area contributed by atoms with Gasteiger partial charge in [0.2, 0.25) is 0 Å². The van der Waals surface area contributed by atoms with E-state index in [1.807, 2.05) is 12.1 Å². The zero-order chi connectivity index (χ0) is 20.1. The summed E-state index contributed by atoms with van der Waals surface area (Å²) >= 11 is 0. The predicted octanol–water partition coefficient (Wildman–Crippen LogP) is 3.12. The summed E-state index contributed by atoms with van der Waals surface area (Å²) in [4.78, 5) is 27.0. The molecule has 0 atom stereocenters. The molecule has 1 aliphatic heterocycles. The Balaban J connectivity index is 1.54. The number of rotatable bonds is 4. The highest BCUT2D eigenvalue weighted by Crippen LogP contribution is 2.22. The van der Waals surface area contributed by atoms with E-state index in [1.54, 1.807) is 30.0 Å². The second-order valence-corrected chi connectivity index (χ2v) is 6.76. The van der Waals surface area contributed by atoms with Gasteiger partial charge in [-0.1, -0.05) is 18.2 Å². The molecule has 8 nitrogen and oxygen atoms in total. The number of piperazine rings is 1. The lowest BCUT2D eigenvalue weighted by Crippen LogP contribution is -2.49. The summed E-state index contributed by atoms with van der Waals surface area (Å²) < 4.78 is 0. The standard InChI is InChI=1S/C20H21N5O3/c1-15-2-7-18(25(27)28)12-19(15)22-20(26)24-10-8-23(9-11-24)14-17-5-3-16(13-21)4-6-17/h2-7,12H,8-11,14H2,1H3,(H,22,26). The van der Waals surface area contributed by atoms with Crippen LogP contribution in [0.3, 0.4) is 0 Å². The van der Waals surface area contributed by atoms with E-state index in [2.05, 4.69) is 16.3 Å². The van der Waals surface area contributed by atoms with E-state index >= 15 is 0 Å². The molecule has 0 spiro atoms. The van der Waals surface area contributed by atoms with Gasteiger partial charge in [0.25, 0.3) is 5.69 Å². The first-order valence-electron chi connectivity index (χ1n) is 8.98. The molecule has 2 amide bonds. The van der Waals surface area contributed by atoms with Gasteiger partial charge in [0.15, 0.2) is 0 Å². The summed E-state index contributed by atoms with van der Waals surface area (Å²) in [5.41, 5.74) is 2.96. The number of nitro benzene ring substituents is 1. The van der Waals surface area contributed by atoms with Crippen LogP contribution in [0.4, 0.5) is 16.2 Å². The van der Waals surface area contributed by atoms with Crippen LogP contribution in [0.25, 0.3) is 0 Å². The Kier molecular flexibility index (Phi) is 5.87. The van der Waals surface area contributed by atoms with Gasteiger partial charge in [0, 0.05) is 44.9 Å². The summed E-state index contributed by atoms with van der Waals surface area (Å²) in [6.07, 6.45) is 0. The quantitative estimate of drug-likeness (QED) is 0.649. The highest BCUT2D eigenvalue weighted by Gasteiger charge is 2.22. The van der Waals surface area contributed by atoms with Crippen molar-refractivity contribution in [3.05, 3.63) is 69.3 Å². The van der Waals surface area contributed by atoms with Crippen LogP contribution in [0.2, 0.25) is 0 Å². The first-order valence-corrected chi connectivity index (χ1v) is 8.98. The molecule has 2 aromatic carbocycles. The minimum atomic E-state index is -0.475. The first kappa shape index (κ1) is 19.3. The number of nitrogens with zero attached hydrogens (tertiary/aromatic N) is 4. The van der Waals surface area contributed by atoms with E-state index in [0.717, 1.165) is 30.8 Å². The molecule has 1 aliphatic rings. The molecular formula is C20H21N5O3. The van der Waals surface area contributed by atoms with E-state index in [-0.39, 0.29) is 11.7 Å². The number of hydrogen-bond acceptors (Lipinski definition) is 5. The number of non-ortho nitro benzene ring substituents is 1. The van der Waals surface area contributed by atoms with Gasteiger partial charge >= 0.3 is 6.03 Å². The Hall–Kier alpha value is -3.44. The van der Waals surface area contributed by atoms with Gasteiger partial charge < -0.3 is 10.2 Å². The van der Waals surface area contributed by atoms with E-state index in [0.29, 0.717) is 24.3 Å². The summed E-state index contributed by atoms with van der Waals surface area (Å²) in [7, 11) is 0. The zero-order valence-corrected chi connectivity index (χ0v) is 15.6. The molecule has 1 fully saturated rings. The Labute approximate surface area is 163 Å². The molecule has 0 aliphatic carbocycles. The van der Waals surface area contributed by atoms with Crippen LogP contribution in [0, 0.1) is 28.4 Å². The Morgan fingerprint density at radius 3 is 2.46 bits per heavy atom. The highest BCUT2D eigenvalue weighted by molar-refractivity contribution is 5.90. The van der Waals surface area contributed by atoms with Crippen molar-refractivity contribution in [1.82, 2.24) is 9.80 Å². The van der Waals surface area contributed by atoms with Gasteiger partial charge in [0.05, 0.1) is 22.2 Å². The van der Waals surface area contributed by atoms with Gasteiger partial charge in [0.1, 0.15) is 0 Å². The number of nitrogens with one attached hydrogen (secondary N) is 1. The van der Waals surface area contributed by atoms with Crippen molar-refractivity contribution in [3.8, 4) is 6.07 Å². The fourth-order valence-electron chi connectivity index (χ4n) is 3.10. The van der Waals surface area contributed by atoms with Gasteiger partial charge in [-0.15, -0.1) is 0 Å². The molecule has 144 valence electrons. The van der Waals surface area contributed by atoms with Crippen molar-refractivity contribution in [2.45, 2.75) is 13.5 Å². The number of hydrogen-bond donors (Lipinski definition) is 1. The second-order valence-electron chi connectivity index (χ2n) is 6.76. The Morgan fingerprint density at radius 1 is 1.18 bits per heavy atom. The molecule has 1 saturated heterocycles. The minimum absolute atomic E-state index is 0.0480.